The summed E-state index contributed by atoms with van der Waals surface area (Å²) in [5, 5.41) is 13.4. The van der Waals surface area contributed by atoms with Gasteiger partial charge >= 0.3 is 0 Å². The summed E-state index contributed by atoms with van der Waals surface area (Å²) >= 11 is 1.54. The average Bonchev–Trinajstić information content (AvgIpc) is 3.04. The van der Waals surface area contributed by atoms with Crippen molar-refractivity contribution in [2.75, 3.05) is 13.2 Å². The fourth-order valence-electron chi connectivity index (χ4n) is 1.75. The highest BCUT2D eigenvalue weighted by Crippen LogP contribution is 2.15. The highest BCUT2D eigenvalue weighted by Gasteiger charge is 2.23. The van der Waals surface area contributed by atoms with Gasteiger partial charge in [0.15, 0.2) is 0 Å². The number of hydrogen-bond acceptors (Lipinski definition) is 4. The molecule has 5 heteroatoms. The first kappa shape index (κ1) is 13.1. The van der Waals surface area contributed by atoms with Crippen molar-refractivity contribution in [3.63, 3.8) is 0 Å². The van der Waals surface area contributed by atoms with E-state index in [0.717, 1.165) is 23.3 Å². The zero-order valence-corrected chi connectivity index (χ0v) is 10.8. The maximum absolute atomic E-state index is 11.7. The Morgan fingerprint density at radius 1 is 1.67 bits per heavy atom. The van der Waals surface area contributed by atoms with E-state index in [4.69, 9.17) is 9.84 Å². The molecule has 0 aliphatic carbocycles. The molecule has 18 heavy (non-hydrogen) atoms. The molecular formula is C13H15NO3S. The smallest absolute Gasteiger partial charge is 0.249 e. The van der Waals surface area contributed by atoms with Gasteiger partial charge in [0, 0.05) is 22.4 Å². The Morgan fingerprint density at radius 3 is 3.28 bits per heavy atom. The lowest BCUT2D eigenvalue weighted by atomic mass is 10.2. The first-order valence-electron chi connectivity index (χ1n) is 5.86. The molecule has 0 bridgehead atoms. The summed E-state index contributed by atoms with van der Waals surface area (Å²) in [7, 11) is 0. The Kier molecular flexibility index (Phi) is 4.76. The highest BCUT2D eigenvalue weighted by molar-refractivity contribution is 7.10. The summed E-state index contributed by atoms with van der Waals surface area (Å²) in [6, 6.07) is 1.92. The second kappa shape index (κ2) is 6.55. The van der Waals surface area contributed by atoms with Crippen LogP contribution in [0.2, 0.25) is 0 Å². The molecule has 96 valence electrons. The molecule has 0 radical (unpaired) electrons. The normalized spacial score (nSPS) is 18.2. The molecule has 1 saturated heterocycles. The van der Waals surface area contributed by atoms with Gasteiger partial charge in [-0.15, -0.1) is 11.3 Å². The number of nitrogens with one attached hydrogen (secondary N) is 1. The van der Waals surface area contributed by atoms with Gasteiger partial charge < -0.3 is 15.2 Å². The van der Waals surface area contributed by atoms with Crippen LogP contribution in [0.1, 0.15) is 23.3 Å². The molecule has 1 aliphatic heterocycles. The van der Waals surface area contributed by atoms with Crippen LogP contribution < -0.4 is 5.32 Å². The van der Waals surface area contributed by atoms with Gasteiger partial charge in [-0.05, 0) is 18.9 Å². The van der Waals surface area contributed by atoms with Crippen molar-refractivity contribution in [2.45, 2.75) is 25.5 Å². The third-order valence-electron chi connectivity index (χ3n) is 2.62. The fourth-order valence-corrected chi connectivity index (χ4v) is 2.51. The third kappa shape index (κ3) is 3.57. The van der Waals surface area contributed by atoms with E-state index in [2.05, 4.69) is 17.2 Å². The molecule has 1 atom stereocenters. The van der Waals surface area contributed by atoms with Crippen LogP contribution in [0.25, 0.3) is 0 Å². The number of ether oxygens (including phenoxy) is 1. The Morgan fingerprint density at radius 2 is 2.56 bits per heavy atom. The van der Waals surface area contributed by atoms with Crippen molar-refractivity contribution in [3.8, 4) is 11.8 Å². The highest BCUT2D eigenvalue weighted by atomic mass is 32.1. The Balaban J connectivity index is 1.82. The number of aliphatic hydroxyl groups is 1. The van der Waals surface area contributed by atoms with E-state index in [1.165, 1.54) is 0 Å². The molecule has 2 heterocycles. The fraction of sp³-hybridized carbons (Fsp3) is 0.462. The van der Waals surface area contributed by atoms with E-state index in [0.29, 0.717) is 13.2 Å². The molecule has 1 unspecified atom stereocenters. The van der Waals surface area contributed by atoms with Crippen molar-refractivity contribution in [1.82, 2.24) is 5.32 Å². The molecule has 0 saturated carbocycles. The topological polar surface area (TPSA) is 58.6 Å². The summed E-state index contributed by atoms with van der Waals surface area (Å²) in [4.78, 5) is 12.7. The van der Waals surface area contributed by atoms with E-state index in [1.54, 1.807) is 11.3 Å². The first-order valence-corrected chi connectivity index (χ1v) is 6.74. The number of thiophene rings is 1. The quantitative estimate of drug-likeness (QED) is 0.798. The van der Waals surface area contributed by atoms with Gasteiger partial charge in [-0.25, -0.2) is 0 Å². The molecule has 0 aromatic carbocycles. The van der Waals surface area contributed by atoms with Crippen LogP contribution in [0.5, 0.6) is 0 Å². The number of rotatable bonds is 3. The van der Waals surface area contributed by atoms with Crippen LogP contribution in [0.15, 0.2) is 11.4 Å². The van der Waals surface area contributed by atoms with Crippen LogP contribution in [-0.4, -0.2) is 30.3 Å². The third-order valence-corrected chi connectivity index (χ3v) is 3.56. The maximum Gasteiger partial charge on any atom is 0.249 e. The number of amides is 1. The van der Waals surface area contributed by atoms with Gasteiger partial charge in [-0.2, -0.15) is 0 Å². The van der Waals surface area contributed by atoms with Crippen LogP contribution in [0.3, 0.4) is 0 Å². The molecule has 0 spiro atoms. The number of carbonyl (C=O) groups excluding carboxylic acids is 1. The van der Waals surface area contributed by atoms with Crippen molar-refractivity contribution >= 4 is 17.2 Å². The van der Waals surface area contributed by atoms with Crippen LogP contribution in [-0.2, 0) is 16.1 Å². The molecule has 1 fully saturated rings. The van der Waals surface area contributed by atoms with Crippen molar-refractivity contribution in [2.24, 2.45) is 0 Å². The minimum Gasteiger partial charge on any atom is -0.384 e. The summed E-state index contributed by atoms with van der Waals surface area (Å²) in [5.74, 6) is 5.38. The summed E-state index contributed by atoms with van der Waals surface area (Å²) in [6.45, 7) is 1.04. The van der Waals surface area contributed by atoms with E-state index in [-0.39, 0.29) is 18.6 Å². The molecule has 1 amide bonds. The Bertz CT molecular complexity index is 466. The average molecular weight is 265 g/mol. The monoisotopic (exact) mass is 265 g/mol. The number of carbonyl (C=O) groups is 1. The van der Waals surface area contributed by atoms with Gasteiger partial charge in [0.2, 0.25) is 5.91 Å². The zero-order chi connectivity index (χ0) is 12.8. The number of hydrogen-bond donors (Lipinski definition) is 2. The summed E-state index contributed by atoms with van der Waals surface area (Å²) < 4.78 is 5.30. The zero-order valence-electron chi connectivity index (χ0n) is 9.94. The standard InChI is InChI=1S/C13H15NO3S/c15-5-1-3-10-7-11(18-9-10)8-14-13(16)12-4-2-6-17-12/h7,9,12,15H,2,4-6,8H2,(H,14,16). The molecule has 4 nitrogen and oxygen atoms in total. The van der Waals surface area contributed by atoms with Gasteiger partial charge in [0.1, 0.15) is 12.7 Å². The molecule has 1 aromatic rings. The van der Waals surface area contributed by atoms with Crippen molar-refractivity contribution < 1.29 is 14.6 Å². The van der Waals surface area contributed by atoms with Crippen molar-refractivity contribution in [1.29, 1.82) is 0 Å². The molecule has 2 N–H and O–H groups in total. The number of aliphatic hydroxyl groups excluding tert-OH is 1. The van der Waals surface area contributed by atoms with E-state index in [9.17, 15) is 4.79 Å². The molecule has 1 aromatic heterocycles. The van der Waals surface area contributed by atoms with E-state index >= 15 is 0 Å². The lowest BCUT2D eigenvalue weighted by Gasteiger charge is -2.09. The first-order chi connectivity index (χ1) is 8.79. The minimum atomic E-state index is -0.279. The Labute approximate surface area is 110 Å². The van der Waals surface area contributed by atoms with Gasteiger partial charge in [-0.3, -0.25) is 4.79 Å². The van der Waals surface area contributed by atoms with Crippen LogP contribution in [0.4, 0.5) is 0 Å². The molecule has 1 aliphatic rings. The van der Waals surface area contributed by atoms with Crippen LogP contribution in [0, 0.1) is 11.8 Å². The molecule has 2 rings (SSSR count). The lowest BCUT2D eigenvalue weighted by Crippen LogP contribution is -2.33. The van der Waals surface area contributed by atoms with Gasteiger partial charge in [-0.1, -0.05) is 11.8 Å². The SMILES string of the molecule is O=C(NCc1cc(C#CCO)cs1)C1CCCO1. The van der Waals surface area contributed by atoms with Crippen LogP contribution >= 0.6 is 11.3 Å². The Hall–Kier alpha value is -1.35. The van der Waals surface area contributed by atoms with E-state index in [1.807, 2.05) is 11.4 Å². The van der Waals surface area contributed by atoms with Gasteiger partial charge in [0.25, 0.3) is 0 Å². The van der Waals surface area contributed by atoms with Crippen molar-refractivity contribution in [3.05, 3.63) is 21.9 Å². The van der Waals surface area contributed by atoms with Gasteiger partial charge in [0.05, 0.1) is 6.54 Å². The summed E-state index contributed by atoms with van der Waals surface area (Å²) in [5.41, 5.74) is 0.871. The molecular weight excluding hydrogens is 250 g/mol. The second-order valence-electron chi connectivity index (χ2n) is 3.98. The largest absolute Gasteiger partial charge is 0.384 e. The minimum absolute atomic E-state index is 0.0381. The predicted molar refractivity (Wildman–Crippen MR) is 69.1 cm³/mol. The van der Waals surface area contributed by atoms with E-state index < -0.39 is 0 Å². The summed E-state index contributed by atoms with van der Waals surface area (Å²) in [6.07, 6.45) is 1.49. The maximum atomic E-state index is 11.7. The second-order valence-corrected chi connectivity index (χ2v) is 4.98. The lowest BCUT2D eigenvalue weighted by molar-refractivity contribution is -0.130. The predicted octanol–water partition coefficient (Wildman–Crippen LogP) is 0.887.